The standard InChI is InChI=1S/C17H17N3S/c1-21-15-9-5-8-14(10-15)20-12-19-11-16(20)17(18)13-6-3-2-4-7-13/h2-12,17H,18H2,1H3. The molecule has 21 heavy (non-hydrogen) atoms. The topological polar surface area (TPSA) is 43.8 Å². The highest BCUT2D eigenvalue weighted by molar-refractivity contribution is 7.98. The summed E-state index contributed by atoms with van der Waals surface area (Å²) >= 11 is 1.73. The van der Waals surface area contributed by atoms with Gasteiger partial charge in [-0.25, -0.2) is 4.98 Å². The van der Waals surface area contributed by atoms with Crippen LogP contribution in [0, 0.1) is 0 Å². The van der Waals surface area contributed by atoms with Crippen LogP contribution in [-0.4, -0.2) is 15.8 Å². The Hall–Kier alpha value is -2.04. The molecule has 3 aromatic rings. The second-order valence-electron chi connectivity index (χ2n) is 4.78. The molecule has 1 atom stereocenters. The van der Waals surface area contributed by atoms with Crippen LogP contribution in [0.1, 0.15) is 17.3 Å². The van der Waals surface area contributed by atoms with E-state index < -0.39 is 0 Å². The molecule has 0 radical (unpaired) electrons. The van der Waals surface area contributed by atoms with E-state index >= 15 is 0 Å². The van der Waals surface area contributed by atoms with E-state index in [0.717, 1.165) is 16.9 Å². The number of nitrogens with zero attached hydrogens (tertiary/aromatic N) is 2. The van der Waals surface area contributed by atoms with Crippen molar-refractivity contribution in [2.24, 2.45) is 5.73 Å². The molecule has 0 bridgehead atoms. The van der Waals surface area contributed by atoms with Crippen molar-refractivity contribution in [1.82, 2.24) is 9.55 Å². The molecular weight excluding hydrogens is 278 g/mol. The fraction of sp³-hybridized carbons (Fsp3) is 0.118. The van der Waals surface area contributed by atoms with Crippen molar-refractivity contribution in [2.45, 2.75) is 10.9 Å². The summed E-state index contributed by atoms with van der Waals surface area (Å²) in [5.74, 6) is 0. The van der Waals surface area contributed by atoms with E-state index in [1.807, 2.05) is 42.9 Å². The van der Waals surface area contributed by atoms with Crippen LogP contribution in [0.4, 0.5) is 0 Å². The predicted molar refractivity (Wildman–Crippen MR) is 87.8 cm³/mol. The summed E-state index contributed by atoms with van der Waals surface area (Å²) in [6.45, 7) is 0. The van der Waals surface area contributed by atoms with E-state index in [0.29, 0.717) is 0 Å². The summed E-state index contributed by atoms with van der Waals surface area (Å²) in [5.41, 5.74) is 9.56. The molecule has 4 heteroatoms. The third-order valence-electron chi connectivity index (χ3n) is 3.48. The van der Waals surface area contributed by atoms with Gasteiger partial charge in [0, 0.05) is 10.6 Å². The molecular formula is C17H17N3S. The van der Waals surface area contributed by atoms with E-state index in [4.69, 9.17) is 5.73 Å². The van der Waals surface area contributed by atoms with Crippen LogP contribution in [0.25, 0.3) is 5.69 Å². The fourth-order valence-electron chi connectivity index (χ4n) is 2.34. The monoisotopic (exact) mass is 295 g/mol. The maximum Gasteiger partial charge on any atom is 0.0994 e. The minimum absolute atomic E-state index is 0.188. The number of thioether (sulfide) groups is 1. The van der Waals surface area contributed by atoms with Crippen LogP contribution < -0.4 is 5.73 Å². The summed E-state index contributed by atoms with van der Waals surface area (Å²) in [6, 6.07) is 18.3. The molecule has 1 heterocycles. The zero-order valence-corrected chi connectivity index (χ0v) is 12.6. The van der Waals surface area contributed by atoms with E-state index in [1.165, 1.54) is 4.90 Å². The molecule has 0 saturated carbocycles. The minimum Gasteiger partial charge on any atom is -0.319 e. The SMILES string of the molecule is CSc1cccc(-n2cncc2C(N)c2ccccc2)c1. The highest BCUT2D eigenvalue weighted by Gasteiger charge is 2.14. The van der Waals surface area contributed by atoms with Gasteiger partial charge in [-0.3, -0.25) is 0 Å². The van der Waals surface area contributed by atoms with Gasteiger partial charge >= 0.3 is 0 Å². The summed E-state index contributed by atoms with van der Waals surface area (Å²) < 4.78 is 2.05. The van der Waals surface area contributed by atoms with Gasteiger partial charge in [-0.15, -0.1) is 11.8 Å². The molecule has 0 saturated heterocycles. The van der Waals surface area contributed by atoms with Gasteiger partial charge in [0.15, 0.2) is 0 Å². The molecule has 2 N–H and O–H groups in total. The molecule has 1 aromatic heterocycles. The van der Waals surface area contributed by atoms with Gasteiger partial charge in [0.05, 0.1) is 24.3 Å². The van der Waals surface area contributed by atoms with Gasteiger partial charge < -0.3 is 10.3 Å². The predicted octanol–water partition coefficient (Wildman–Crippen LogP) is 3.64. The van der Waals surface area contributed by atoms with Crippen molar-refractivity contribution in [3.8, 4) is 5.69 Å². The number of hydrogen-bond donors (Lipinski definition) is 1. The summed E-state index contributed by atoms with van der Waals surface area (Å²) in [7, 11) is 0. The number of rotatable bonds is 4. The number of nitrogens with two attached hydrogens (primary N) is 1. The van der Waals surface area contributed by atoms with Gasteiger partial charge in [-0.05, 0) is 30.0 Å². The van der Waals surface area contributed by atoms with Crippen LogP contribution in [0.3, 0.4) is 0 Å². The maximum atomic E-state index is 6.40. The van der Waals surface area contributed by atoms with E-state index in [9.17, 15) is 0 Å². The minimum atomic E-state index is -0.188. The molecule has 3 rings (SSSR count). The Balaban J connectivity index is 2.01. The van der Waals surface area contributed by atoms with Crippen molar-refractivity contribution in [3.05, 3.63) is 78.4 Å². The largest absolute Gasteiger partial charge is 0.319 e. The molecule has 0 aliphatic carbocycles. The molecule has 0 aliphatic rings. The smallest absolute Gasteiger partial charge is 0.0994 e. The van der Waals surface area contributed by atoms with Crippen molar-refractivity contribution >= 4 is 11.8 Å². The van der Waals surface area contributed by atoms with Gasteiger partial charge in [-0.1, -0.05) is 36.4 Å². The normalized spacial score (nSPS) is 12.3. The van der Waals surface area contributed by atoms with Gasteiger partial charge in [0.1, 0.15) is 0 Å². The molecule has 0 spiro atoms. The maximum absolute atomic E-state index is 6.40. The van der Waals surface area contributed by atoms with Crippen molar-refractivity contribution in [1.29, 1.82) is 0 Å². The first-order valence-electron chi connectivity index (χ1n) is 6.77. The van der Waals surface area contributed by atoms with Crippen LogP contribution in [-0.2, 0) is 0 Å². The lowest BCUT2D eigenvalue weighted by Gasteiger charge is -2.15. The van der Waals surface area contributed by atoms with Crippen LogP contribution in [0.15, 0.2) is 72.0 Å². The lowest BCUT2D eigenvalue weighted by molar-refractivity contribution is 0.792. The van der Waals surface area contributed by atoms with Gasteiger partial charge in [0.25, 0.3) is 0 Å². The first-order valence-corrected chi connectivity index (χ1v) is 7.99. The van der Waals surface area contributed by atoms with E-state index in [1.54, 1.807) is 11.8 Å². The Morgan fingerprint density at radius 1 is 1.10 bits per heavy atom. The van der Waals surface area contributed by atoms with Crippen molar-refractivity contribution < 1.29 is 0 Å². The Morgan fingerprint density at radius 2 is 1.90 bits per heavy atom. The third kappa shape index (κ3) is 2.86. The highest BCUT2D eigenvalue weighted by Crippen LogP contribution is 2.24. The number of benzene rings is 2. The molecule has 0 fully saturated rings. The second-order valence-corrected chi connectivity index (χ2v) is 5.66. The molecule has 1 unspecified atom stereocenters. The van der Waals surface area contributed by atoms with Crippen molar-refractivity contribution in [3.63, 3.8) is 0 Å². The quantitative estimate of drug-likeness (QED) is 0.747. The van der Waals surface area contributed by atoms with Crippen LogP contribution >= 0.6 is 11.8 Å². The molecule has 106 valence electrons. The zero-order valence-electron chi connectivity index (χ0n) is 11.8. The fourth-order valence-corrected chi connectivity index (χ4v) is 2.80. The van der Waals surface area contributed by atoms with E-state index in [-0.39, 0.29) is 6.04 Å². The van der Waals surface area contributed by atoms with Gasteiger partial charge in [-0.2, -0.15) is 0 Å². The molecule has 0 amide bonds. The number of aromatic nitrogens is 2. The second kappa shape index (κ2) is 6.16. The lowest BCUT2D eigenvalue weighted by Crippen LogP contribution is -2.15. The average molecular weight is 295 g/mol. The Kier molecular flexibility index (Phi) is 4.08. The Labute approximate surface area is 128 Å². The average Bonchev–Trinajstić information content (AvgIpc) is 3.04. The molecule has 2 aromatic carbocycles. The third-order valence-corrected chi connectivity index (χ3v) is 4.20. The summed E-state index contributed by atoms with van der Waals surface area (Å²) in [4.78, 5) is 5.50. The number of hydrogen-bond acceptors (Lipinski definition) is 3. The lowest BCUT2D eigenvalue weighted by atomic mass is 10.1. The Bertz CT molecular complexity index is 722. The van der Waals surface area contributed by atoms with Crippen molar-refractivity contribution in [2.75, 3.05) is 6.26 Å². The Morgan fingerprint density at radius 3 is 2.67 bits per heavy atom. The molecule has 3 nitrogen and oxygen atoms in total. The first-order chi connectivity index (χ1) is 10.3. The number of imidazole rings is 1. The van der Waals surface area contributed by atoms with Crippen LogP contribution in [0.5, 0.6) is 0 Å². The van der Waals surface area contributed by atoms with E-state index in [2.05, 4.69) is 40.1 Å². The zero-order chi connectivity index (χ0) is 14.7. The molecule has 0 aliphatic heterocycles. The summed E-state index contributed by atoms with van der Waals surface area (Å²) in [5, 5.41) is 0. The van der Waals surface area contributed by atoms with Crippen LogP contribution in [0.2, 0.25) is 0 Å². The highest BCUT2D eigenvalue weighted by atomic mass is 32.2. The first kappa shape index (κ1) is 13.9. The van der Waals surface area contributed by atoms with Gasteiger partial charge in [0.2, 0.25) is 0 Å². The summed E-state index contributed by atoms with van der Waals surface area (Å²) in [6.07, 6.45) is 5.73.